The molecule has 0 bridgehead atoms. The predicted molar refractivity (Wildman–Crippen MR) is 111 cm³/mol. The van der Waals surface area contributed by atoms with Crippen molar-refractivity contribution < 1.29 is 19.1 Å². The molecule has 4 rings (SSSR count). The number of ether oxygens (including phenoxy) is 1. The van der Waals surface area contributed by atoms with Gasteiger partial charge < -0.3 is 20.4 Å². The Morgan fingerprint density at radius 1 is 1.28 bits per heavy atom. The summed E-state index contributed by atoms with van der Waals surface area (Å²) in [6.45, 7) is 5.40. The molecular weight excluding hydrogens is 390 g/mol. The summed E-state index contributed by atoms with van der Waals surface area (Å²) < 4.78 is 7.58. The quantitative estimate of drug-likeness (QED) is 0.707. The number of amides is 2. The second kappa shape index (κ2) is 7.33. The zero-order valence-electron chi connectivity index (χ0n) is 16.8. The van der Waals surface area contributed by atoms with E-state index in [-0.39, 0.29) is 0 Å². The summed E-state index contributed by atoms with van der Waals surface area (Å²) in [6.07, 6.45) is 3.92. The zero-order chi connectivity index (χ0) is 20.9. The van der Waals surface area contributed by atoms with Crippen LogP contribution in [-0.2, 0) is 22.4 Å². The number of hydrogen-bond acceptors (Lipinski definition) is 5. The van der Waals surface area contributed by atoms with Crippen molar-refractivity contribution >= 4 is 34.1 Å². The average molecular weight is 416 g/mol. The summed E-state index contributed by atoms with van der Waals surface area (Å²) >= 11 is 1.38. The molecule has 1 fully saturated rings. The van der Waals surface area contributed by atoms with Crippen LogP contribution in [0.15, 0.2) is 6.07 Å². The Morgan fingerprint density at radius 2 is 2.00 bits per heavy atom. The average Bonchev–Trinajstić information content (AvgIpc) is 3.15. The Kier molecular flexibility index (Phi) is 4.98. The van der Waals surface area contributed by atoms with Gasteiger partial charge in [0, 0.05) is 22.3 Å². The smallest absolute Gasteiger partial charge is 0.340 e. The minimum absolute atomic E-state index is 0.391. The largest absolute Gasteiger partial charge is 0.449 e. The minimum atomic E-state index is -0.996. The molecule has 3 N–H and O–H groups in total. The van der Waals surface area contributed by atoms with Crippen LogP contribution in [-0.4, -0.2) is 28.5 Å². The van der Waals surface area contributed by atoms with Crippen molar-refractivity contribution in [2.45, 2.75) is 65.0 Å². The number of hydrogen-bond donors (Lipinski definition) is 2. The summed E-state index contributed by atoms with van der Waals surface area (Å²) in [6, 6.07) is 2.28. The van der Waals surface area contributed by atoms with Gasteiger partial charge in [0.25, 0.3) is 11.8 Å². The number of aryl methyl sites for hydroxylation is 2. The Balaban J connectivity index is 1.46. The second-order valence-electron chi connectivity index (χ2n) is 7.85. The lowest BCUT2D eigenvalue weighted by molar-refractivity contribution is -0.123. The Labute approximate surface area is 173 Å². The van der Waals surface area contributed by atoms with E-state index in [0.29, 0.717) is 22.2 Å². The maximum absolute atomic E-state index is 12.6. The van der Waals surface area contributed by atoms with E-state index in [9.17, 15) is 14.4 Å². The molecule has 2 amide bonds. The van der Waals surface area contributed by atoms with Gasteiger partial charge in [0.1, 0.15) is 5.00 Å². The van der Waals surface area contributed by atoms with Gasteiger partial charge in [0.05, 0.1) is 11.1 Å². The summed E-state index contributed by atoms with van der Waals surface area (Å²) in [4.78, 5) is 38.2. The van der Waals surface area contributed by atoms with Crippen molar-refractivity contribution in [3.63, 3.8) is 0 Å². The van der Waals surface area contributed by atoms with Crippen molar-refractivity contribution in [1.29, 1.82) is 0 Å². The minimum Gasteiger partial charge on any atom is -0.449 e. The number of anilines is 1. The molecule has 2 aromatic rings. The first-order chi connectivity index (χ1) is 13.8. The number of carbonyl (C=O) groups excluding carboxylic acids is 3. The van der Waals surface area contributed by atoms with Crippen LogP contribution in [0.4, 0.5) is 5.00 Å². The number of aromatic nitrogens is 1. The molecule has 8 heteroatoms. The van der Waals surface area contributed by atoms with E-state index in [2.05, 4.69) is 9.88 Å². The van der Waals surface area contributed by atoms with E-state index in [4.69, 9.17) is 10.5 Å². The van der Waals surface area contributed by atoms with Gasteiger partial charge in [0.2, 0.25) is 0 Å². The lowest BCUT2D eigenvalue weighted by atomic mass is 10.1. The van der Waals surface area contributed by atoms with Crippen LogP contribution >= 0.6 is 11.3 Å². The Bertz CT molecular complexity index is 1020. The number of thiophene rings is 1. The fourth-order valence-electron chi connectivity index (χ4n) is 4.12. The second-order valence-corrected chi connectivity index (χ2v) is 8.95. The van der Waals surface area contributed by atoms with Crippen LogP contribution in [0, 0.1) is 13.8 Å². The predicted octanol–water partition coefficient (Wildman–Crippen LogP) is 3.27. The van der Waals surface area contributed by atoms with Crippen molar-refractivity contribution in [2.75, 3.05) is 5.32 Å². The highest BCUT2D eigenvalue weighted by molar-refractivity contribution is 7.17. The van der Waals surface area contributed by atoms with E-state index in [1.807, 2.05) is 19.9 Å². The molecule has 2 aromatic heterocycles. The molecular formula is C21H25N3O4S. The maximum Gasteiger partial charge on any atom is 0.340 e. The molecule has 2 aliphatic carbocycles. The molecule has 0 saturated heterocycles. The van der Waals surface area contributed by atoms with Gasteiger partial charge in [-0.05, 0) is 64.5 Å². The van der Waals surface area contributed by atoms with E-state index in [1.165, 1.54) is 18.3 Å². The number of nitrogens with two attached hydrogens (primary N) is 1. The summed E-state index contributed by atoms with van der Waals surface area (Å²) in [5.74, 6) is -1.54. The van der Waals surface area contributed by atoms with Gasteiger partial charge in [-0.2, -0.15) is 0 Å². The highest BCUT2D eigenvalue weighted by atomic mass is 32.1. The molecule has 1 saturated carbocycles. The van der Waals surface area contributed by atoms with Gasteiger partial charge in [0.15, 0.2) is 6.10 Å². The van der Waals surface area contributed by atoms with Crippen molar-refractivity contribution in [3.8, 4) is 0 Å². The monoisotopic (exact) mass is 415 g/mol. The van der Waals surface area contributed by atoms with E-state index in [0.717, 1.165) is 53.9 Å². The van der Waals surface area contributed by atoms with Crippen LogP contribution in [0.25, 0.3) is 0 Å². The van der Waals surface area contributed by atoms with Crippen LogP contribution < -0.4 is 11.1 Å². The summed E-state index contributed by atoms with van der Waals surface area (Å²) in [7, 11) is 0. The van der Waals surface area contributed by atoms with Crippen molar-refractivity contribution in [3.05, 3.63) is 39.0 Å². The van der Waals surface area contributed by atoms with Crippen LogP contribution in [0.1, 0.15) is 74.8 Å². The molecule has 7 nitrogen and oxygen atoms in total. The fraction of sp³-hybridized carbons (Fsp3) is 0.476. The van der Waals surface area contributed by atoms with Crippen LogP contribution in [0.3, 0.4) is 0 Å². The first-order valence-corrected chi connectivity index (χ1v) is 10.7. The molecule has 0 aliphatic heterocycles. The third-order valence-corrected chi connectivity index (χ3v) is 6.88. The Hall–Kier alpha value is -2.61. The molecule has 0 radical (unpaired) electrons. The van der Waals surface area contributed by atoms with E-state index >= 15 is 0 Å². The van der Waals surface area contributed by atoms with Crippen molar-refractivity contribution in [1.82, 2.24) is 4.57 Å². The van der Waals surface area contributed by atoms with E-state index < -0.39 is 23.9 Å². The maximum atomic E-state index is 12.6. The summed E-state index contributed by atoms with van der Waals surface area (Å²) in [5, 5.41) is 3.18. The molecule has 154 valence electrons. The highest BCUT2D eigenvalue weighted by Gasteiger charge is 2.31. The topological polar surface area (TPSA) is 103 Å². The third kappa shape index (κ3) is 3.57. The fourth-order valence-corrected chi connectivity index (χ4v) is 5.42. The zero-order valence-corrected chi connectivity index (χ0v) is 17.6. The van der Waals surface area contributed by atoms with Crippen molar-refractivity contribution in [2.24, 2.45) is 5.73 Å². The van der Waals surface area contributed by atoms with Gasteiger partial charge in [-0.15, -0.1) is 11.3 Å². The molecule has 1 atom stereocenters. The number of primary amides is 1. The molecule has 0 aromatic carbocycles. The van der Waals surface area contributed by atoms with Gasteiger partial charge in [-0.3, -0.25) is 9.59 Å². The number of nitrogens with zero attached hydrogens (tertiary/aromatic N) is 1. The van der Waals surface area contributed by atoms with Crippen LogP contribution in [0.2, 0.25) is 0 Å². The first-order valence-electron chi connectivity index (χ1n) is 9.92. The molecule has 0 spiro atoms. The summed E-state index contributed by atoms with van der Waals surface area (Å²) in [5.41, 5.74) is 9.24. The molecule has 29 heavy (non-hydrogen) atoms. The van der Waals surface area contributed by atoms with Gasteiger partial charge in [-0.1, -0.05) is 0 Å². The third-order valence-electron chi connectivity index (χ3n) is 5.67. The number of carbonyl (C=O) groups is 3. The normalized spacial score (nSPS) is 16.4. The number of esters is 1. The van der Waals surface area contributed by atoms with Gasteiger partial charge >= 0.3 is 5.97 Å². The lowest BCUT2D eigenvalue weighted by Gasteiger charge is -2.14. The molecule has 0 unspecified atom stereocenters. The SMILES string of the molecule is Cc1cc(C(=O)O[C@H](C)C(=O)Nc2sc3c(c2C(N)=O)CCC3)c(C)n1C1CC1. The number of nitrogens with one attached hydrogen (secondary N) is 1. The molecule has 2 aliphatic rings. The Morgan fingerprint density at radius 3 is 2.66 bits per heavy atom. The van der Waals surface area contributed by atoms with Crippen LogP contribution in [0.5, 0.6) is 0 Å². The highest BCUT2D eigenvalue weighted by Crippen LogP contribution is 2.39. The molecule has 2 heterocycles. The van der Waals surface area contributed by atoms with E-state index in [1.54, 1.807) is 0 Å². The van der Waals surface area contributed by atoms with Gasteiger partial charge in [-0.25, -0.2) is 4.79 Å². The first kappa shape index (κ1) is 19.7. The standard InChI is InChI=1S/C21H25N3O4S/c1-10-9-15(11(2)24(10)13-7-8-13)21(27)28-12(3)19(26)23-20-17(18(22)25)14-5-4-6-16(14)29-20/h9,12-13H,4-8H2,1-3H3,(H2,22,25)(H,23,26)/t12-/m1/s1. The number of fused-ring (bicyclic) bond motifs is 1. The lowest BCUT2D eigenvalue weighted by Crippen LogP contribution is -2.30. The number of rotatable bonds is 6.